The summed E-state index contributed by atoms with van der Waals surface area (Å²) in [6.45, 7) is 5.72. The Labute approximate surface area is 112 Å². The minimum atomic E-state index is -0.129. The summed E-state index contributed by atoms with van der Waals surface area (Å²) >= 11 is 3.47. The summed E-state index contributed by atoms with van der Waals surface area (Å²) in [5.41, 5.74) is 1.67. The molecule has 1 rings (SSSR count). The Morgan fingerprint density at radius 3 is 2.71 bits per heavy atom. The van der Waals surface area contributed by atoms with Gasteiger partial charge in [-0.25, -0.2) is 4.39 Å². The van der Waals surface area contributed by atoms with Crippen LogP contribution in [-0.2, 0) is 6.54 Å². The summed E-state index contributed by atoms with van der Waals surface area (Å²) in [5.74, 6) is -0.129. The lowest BCUT2D eigenvalue weighted by Gasteiger charge is -2.08. The number of hydrogen-bond donors (Lipinski definition) is 1. The van der Waals surface area contributed by atoms with Crippen LogP contribution >= 0.6 is 15.9 Å². The Balaban J connectivity index is 2.34. The molecule has 0 heterocycles. The Morgan fingerprint density at radius 1 is 1.24 bits per heavy atom. The Bertz CT molecular complexity index is 352. The number of rotatable bonds is 7. The molecule has 0 fully saturated rings. The molecule has 96 valence electrons. The van der Waals surface area contributed by atoms with Gasteiger partial charge in [-0.3, -0.25) is 0 Å². The maximum absolute atomic E-state index is 13.4. The Kier molecular flexibility index (Phi) is 6.75. The third-order valence-corrected chi connectivity index (χ3v) is 3.59. The summed E-state index contributed by atoms with van der Waals surface area (Å²) in [6.07, 6.45) is 5.02. The maximum atomic E-state index is 13.4. The molecule has 3 heteroatoms. The molecule has 0 unspecified atom stereocenters. The molecule has 0 saturated carbocycles. The van der Waals surface area contributed by atoms with Crippen LogP contribution < -0.4 is 5.32 Å². The van der Waals surface area contributed by atoms with Crippen LogP contribution in [0.2, 0.25) is 0 Å². The van der Waals surface area contributed by atoms with Gasteiger partial charge in [-0.2, -0.15) is 0 Å². The highest BCUT2D eigenvalue weighted by atomic mass is 79.9. The number of halogens is 2. The molecule has 0 amide bonds. The Morgan fingerprint density at radius 2 is 2.00 bits per heavy atom. The molecule has 0 aromatic heterocycles. The third-order valence-electron chi connectivity index (χ3n) is 2.85. The van der Waals surface area contributed by atoms with Gasteiger partial charge in [-0.05, 0) is 43.1 Å². The topological polar surface area (TPSA) is 12.0 Å². The van der Waals surface area contributed by atoms with Gasteiger partial charge in [0, 0.05) is 11.0 Å². The molecule has 17 heavy (non-hydrogen) atoms. The number of nitrogens with one attached hydrogen (secondary N) is 1. The van der Waals surface area contributed by atoms with Gasteiger partial charge in [0.1, 0.15) is 5.82 Å². The molecule has 0 bridgehead atoms. The summed E-state index contributed by atoms with van der Waals surface area (Å²) < 4.78 is 14.4. The van der Waals surface area contributed by atoms with Crippen LogP contribution in [0.15, 0.2) is 16.6 Å². The zero-order valence-electron chi connectivity index (χ0n) is 10.7. The second kappa shape index (κ2) is 7.83. The van der Waals surface area contributed by atoms with Gasteiger partial charge in [-0.15, -0.1) is 0 Å². The molecular weight excluding hydrogens is 281 g/mol. The van der Waals surface area contributed by atoms with E-state index < -0.39 is 0 Å². The lowest BCUT2D eigenvalue weighted by Crippen LogP contribution is -2.15. The quantitative estimate of drug-likeness (QED) is 0.728. The van der Waals surface area contributed by atoms with Crippen LogP contribution in [0.5, 0.6) is 0 Å². The molecule has 1 aromatic carbocycles. The van der Waals surface area contributed by atoms with Crippen molar-refractivity contribution in [1.82, 2.24) is 5.32 Å². The lowest BCUT2D eigenvalue weighted by atomic mass is 10.1. The number of hydrogen-bond acceptors (Lipinski definition) is 1. The molecule has 0 saturated heterocycles. The van der Waals surface area contributed by atoms with Crippen molar-refractivity contribution in [1.29, 1.82) is 0 Å². The smallest absolute Gasteiger partial charge is 0.126 e. The zero-order chi connectivity index (χ0) is 12.7. The van der Waals surface area contributed by atoms with Gasteiger partial charge in [0.25, 0.3) is 0 Å². The van der Waals surface area contributed by atoms with Gasteiger partial charge >= 0.3 is 0 Å². The van der Waals surface area contributed by atoms with Gasteiger partial charge in [0.05, 0.1) is 0 Å². The van der Waals surface area contributed by atoms with E-state index >= 15 is 0 Å². The molecule has 0 aliphatic heterocycles. The van der Waals surface area contributed by atoms with E-state index in [1.54, 1.807) is 13.0 Å². The third kappa shape index (κ3) is 5.17. The standard InChI is InChI=1S/C14H21BrFN/c1-3-4-5-6-7-17-10-12-9-14(16)11(2)8-13(12)15/h8-9,17H,3-7,10H2,1-2H3. The molecule has 0 spiro atoms. The van der Waals surface area contributed by atoms with Crippen molar-refractivity contribution >= 4 is 15.9 Å². The molecule has 0 aliphatic carbocycles. The number of benzene rings is 1. The van der Waals surface area contributed by atoms with Crippen molar-refractivity contribution in [2.45, 2.75) is 46.1 Å². The van der Waals surface area contributed by atoms with Gasteiger partial charge < -0.3 is 5.32 Å². The number of aryl methyl sites for hydroxylation is 1. The van der Waals surface area contributed by atoms with Crippen molar-refractivity contribution in [3.8, 4) is 0 Å². The van der Waals surface area contributed by atoms with Crippen LogP contribution in [0.4, 0.5) is 4.39 Å². The summed E-state index contributed by atoms with van der Waals surface area (Å²) in [6, 6.07) is 3.45. The highest BCUT2D eigenvalue weighted by Crippen LogP contribution is 2.20. The zero-order valence-corrected chi connectivity index (χ0v) is 12.2. The Hall–Kier alpha value is -0.410. The first-order valence-electron chi connectivity index (χ1n) is 6.30. The van der Waals surface area contributed by atoms with Crippen LogP contribution in [0.3, 0.4) is 0 Å². The van der Waals surface area contributed by atoms with E-state index in [-0.39, 0.29) is 5.82 Å². The van der Waals surface area contributed by atoms with E-state index in [0.29, 0.717) is 5.56 Å². The second-order valence-corrected chi connectivity index (χ2v) is 5.28. The van der Waals surface area contributed by atoms with Crippen molar-refractivity contribution in [2.24, 2.45) is 0 Å². The second-order valence-electron chi connectivity index (χ2n) is 4.43. The highest BCUT2D eigenvalue weighted by molar-refractivity contribution is 9.10. The van der Waals surface area contributed by atoms with Gasteiger partial charge in [0.2, 0.25) is 0 Å². The average molecular weight is 302 g/mol. The molecule has 0 radical (unpaired) electrons. The molecular formula is C14H21BrFN. The van der Waals surface area contributed by atoms with Gasteiger partial charge in [-0.1, -0.05) is 42.1 Å². The fourth-order valence-electron chi connectivity index (χ4n) is 1.72. The largest absolute Gasteiger partial charge is 0.313 e. The van der Waals surface area contributed by atoms with Crippen molar-refractivity contribution in [2.75, 3.05) is 6.54 Å². The van der Waals surface area contributed by atoms with Crippen LogP contribution in [0.1, 0.15) is 43.7 Å². The summed E-state index contributed by atoms with van der Waals surface area (Å²) in [7, 11) is 0. The first-order valence-corrected chi connectivity index (χ1v) is 7.09. The van der Waals surface area contributed by atoms with Crippen molar-refractivity contribution in [3.05, 3.63) is 33.5 Å². The molecule has 1 nitrogen and oxygen atoms in total. The minimum absolute atomic E-state index is 0.129. The summed E-state index contributed by atoms with van der Waals surface area (Å²) in [5, 5.41) is 3.35. The fraction of sp³-hybridized carbons (Fsp3) is 0.571. The van der Waals surface area contributed by atoms with Crippen molar-refractivity contribution in [3.63, 3.8) is 0 Å². The van der Waals surface area contributed by atoms with Crippen LogP contribution in [-0.4, -0.2) is 6.54 Å². The first-order chi connectivity index (χ1) is 8.15. The van der Waals surface area contributed by atoms with Crippen LogP contribution in [0.25, 0.3) is 0 Å². The molecule has 1 N–H and O–H groups in total. The van der Waals surface area contributed by atoms with E-state index in [0.717, 1.165) is 23.1 Å². The highest BCUT2D eigenvalue weighted by Gasteiger charge is 2.04. The average Bonchev–Trinajstić information content (AvgIpc) is 2.30. The summed E-state index contributed by atoms with van der Waals surface area (Å²) in [4.78, 5) is 0. The van der Waals surface area contributed by atoms with E-state index in [4.69, 9.17) is 0 Å². The normalized spacial score (nSPS) is 10.8. The SMILES string of the molecule is CCCCCCNCc1cc(F)c(C)cc1Br. The fourth-order valence-corrected chi connectivity index (χ4v) is 2.32. The molecule has 0 atom stereocenters. The maximum Gasteiger partial charge on any atom is 0.126 e. The molecule has 0 aliphatic rings. The lowest BCUT2D eigenvalue weighted by molar-refractivity contribution is 0.589. The predicted molar refractivity (Wildman–Crippen MR) is 74.7 cm³/mol. The van der Waals surface area contributed by atoms with Crippen LogP contribution in [0, 0.1) is 12.7 Å². The van der Waals surface area contributed by atoms with E-state index in [1.165, 1.54) is 25.7 Å². The van der Waals surface area contributed by atoms with E-state index in [9.17, 15) is 4.39 Å². The number of unbranched alkanes of at least 4 members (excludes halogenated alkanes) is 3. The van der Waals surface area contributed by atoms with Crippen molar-refractivity contribution < 1.29 is 4.39 Å². The minimum Gasteiger partial charge on any atom is -0.313 e. The van der Waals surface area contributed by atoms with E-state index in [1.807, 2.05) is 6.07 Å². The monoisotopic (exact) mass is 301 g/mol. The van der Waals surface area contributed by atoms with Gasteiger partial charge in [0.15, 0.2) is 0 Å². The predicted octanol–water partition coefficient (Wildman–Crippen LogP) is 4.57. The van der Waals surface area contributed by atoms with E-state index in [2.05, 4.69) is 28.2 Å². The first kappa shape index (κ1) is 14.7. The molecule has 1 aromatic rings.